The first-order valence-corrected chi connectivity index (χ1v) is 10.5. The van der Waals surface area contributed by atoms with Crippen LogP contribution in [0, 0.1) is 4.77 Å². The Morgan fingerprint density at radius 3 is 2.32 bits per heavy atom. The Labute approximate surface area is 187 Å². The Hall–Kier alpha value is -1.98. The zero-order valence-corrected chi connectivity index (χ0v) is 19.7. The van der Waals surface area contributed by atoms with Gasteiger partial charge in [0.05, 0.1) is 24.8 Å². The predicted molar refractivity (Wildman–Crippen MR) is 117 cm³/mol. The summed E-state index contributed by atoms with van der Waals surface area (Å²) in [7, 11) is 3.15. The van der Waals surface area contributed by atoms with Crippen LogP contribution in [-0.4, -0.2) is 61.6 Å². The number of nitrogens with zero attached hydrogens (tertiary/aromatic N) is 2. The van der Waals surface area contributed by atoms with Gasteiger partial charge in [-0.2, -0.15) is 5.10 Å². The average molecular weight is 454 g/mol. The summed E-state index contributed by atoms with van der Waals surface area (Å²) in [6.07, 6.45) is 0. The summed E-state index contributed by atoms with van der Waals surface area (Å²) >= 11 is 5.54. The van der Waals surface area contributed by atoms with Crippen LogP contribution in [0.1, 0.15) is 45.2 Å². The molecule has 1 N–H and O–H groups in total. The molecule has 0 aliphatic carbocycles. The number of benzene rings is 1. The number of ether oxygens (including phenoxy) is 6. The van der Waals surface area contributed by atoms with Crippen LogP contribution in [0.3, 0.4) is 0 Å². The van der Waals surface area contributed by atoms with Gasteiger partial charge in [-0.25, -0.2) is 0 Å². The SMILES string of the molecule is COCOc1cc(OCOC)c(C(C)C)cc1-c1n[nH]c(=S)n1C1COC(C)(C)OC1. The van der Waals surface area contributed by atoms with E-state index in [4.69, 9.17) is 40.6 Å². The number of rotatable bonds is 9. The second kappa shape index (κ2) is 10.1. The lowest BCUT2D eigenvalue weighted by Crippen LogP contribution is -2.40. The van der Waals surface area contributed by atoms with Gasteiger partial charge in [0.2, 0.25) is 0 Å². The maximum absolute atomic E-state index is 5.87. The molecule has 31 heavy (non-hydrogen) atoms. The lowest BCUT2D eigenvalue weighted by Gasteiger charge is -2.35. The summed E-state index contributed by atoms with van der Waals surface area (Å²) in [4.78, 5) is 0. The molecule has 172 valence electrons. The Kier molecular flexibility index (Phi) is 7.71. The van der Waals surface area contributed by atoms with Gasteiger partial charge in [-0.1, -0.05) is 13.8 Å². The van der Waals surface area contributed by atoms with Gasteiger partial charge in [0.15, 0.2) is 30.0 Å². The number of hydrogen-bond donors (Lipinski definition) is 1. The highest BCUT2D eigenvalue weighted by molar-refractivity contribution is 7.71. The van der Waals surface area contributed by atoms with Crippen molar-refractivity contribution in [3.8, 4) is 22.9 Å². The van der Waals surface area contributed by atoms with E-state index in [0.717, 1.165) is 11.1 Å². The molecule has 2 heterocycles. The molecule has 0 radical (unpaired) electrons. The Morgan fingerprint density at radius 1 is 1.13 bits per heavy atom. The molecule has 1 aliphatic heterocycles. The maximum Gasteiger partial charge on any atom is 0.195 e. The fourth-order valence-electron chi connectivity index (χ4n) is 3.36. The number of hydrogen-bond acceptors (Lipinski definition) is 8. The molecule has 10 heteroatoms. The van der Waals surface area contributed by atoms with E-state index in [1.807, 2.05) is 30.5 Å². The third-order valence-corrected chi connectivity index (χ3v) is 5.24. The Bertz CT molecular complexity index is 930. The van der Waals surface area contributed by atoms with Gasteiger partial charge in [-0.05, 0) is 43.6 Å². The fraction of sp³-hybridized carbons (Fsp3) is 0.619. The molecular weight excluding hydrogens is 422 g/mol. The van der Waals surface area contributed by atoms with Crippen LogP contribution in [0.15, 0.2) is 12.1 Å². The second-order valence-electron chi connectivity index (χ2n) is 8.04. The lowest BCUT2D eigenvalue weighted by atomic mass is 9.98. The monoisotopic (exact) mass is 453 g/mol. The highest BCUT2D eigenvalue weighted by atomic mass is 32.1. The first-order chi connectivity index (χ1) is 14.8. The highest BCUT2D eigenvalue weighted by Gasteiger charge is 2.32. The van der Waals surface area contributed by atoms with Crippen molar-refractivity contribution in [1.82, 2.24) is 14.8 Å². The van der Waals surface area contributed by atoms with E-state index in [1.165, 1.54) is 0 Å². The molecule has 2 aromatic rings. The van der Waals surface area contributed by atoms with Crippen LogP contribution in [0.25, 0.3) is 11.4 Å². The summed E-state index contributed by atoms with van der Waals surface area (Å²) in [6, 6.07) is 3.72. The van der Waals surface area contributed by atoms with Crippen molar-refractivity contribution in [2.24, 2.45) is 0 Å². The minimum Gasteiger partial charge on any atom is -0.467 e. The molecular formula is C21H31N3O6S. The molecule has 0 bridgehead atoms. The smallest absolute Gasteiger partial charge is 0.195 e. The largest absolute Gasteiger partial charge is 0.467 e. The minimum atomic E-state index is -0.625. The average Bonchev–Trinajstić information content (AvgIpc) is 3.11. The summed E-state index contributed by atoms with van der Waals surface area (Å²) in [5.41, 5.74) is 1.76. The van der Waals surface area contributed by atoms with Crippen molar-refractivity contribution in [2.75, 3.05) is 41.0 Å². The Morgan fingerprint density at radius 2 is 1.74 bits per heavy atom. The van der Waals surface area contributed by atoms with E-state index < -0.39 is 5.79 Å². The van der Waals surface area contributed by atoms with Crippen molar-refractivity contribution >= 4 is 12.2 Å². The lowest BCUT2D eigenvalue weighted by molar-refractivity contribution is -0.258. The van der Waals surface area contributed by atoms with Crippen LogP contribution in [-0.2, 0) is 18.9 Å². The number of aromatic amines is 1. The van der Waals surface area contributed by atoms with Gasteiger partial charge in [-0.15, -0.1) is 0 Å². The van der Waals surface area contributed by atoms with E-state index in [9.17, 15) is 0 Å². The molecule has 0 spiro atoms. The zero-order valence-electron chi connectivity index (χ0n) is 18.9. The van der Waals surface area contributed by atoms with Crippen LogP contribution < -0.4 is 9.47 Å². The third-order valence-electron chi connectivity index (χ3n) is 4.96. The molecule has 1 saturated heterocycles. The number of methoxy groups -OCH3 is 2. The normalized spacial score (nSPS) is 16.6. The fourth-order valence-corrected chi connectivity index (χ4v) is 3.64. The summed E-state index contributed by atoms with van der Waals surface area (Å²) < 4.78 is 36.0. The zero-order chi connectivity index (χ0) is 22.6. The number of H-pyrrole nitrogens is 1. The van der Waals surface area contributed by atoms with E-state index in [0.29, 0.717) is 35.3 Å². The van der Waals surface area contributed by atoms with Gasteiger partial charge < -0.3 is 28.4 Å². The van der Waals surface area contributed by atoms with Gasteiger partial charge in [0.1, 0.15) is 11.5 Å². The van der Waals surface area contributed by atoms with Crippen molar-refractivity contribution < 1.29 is 28.4 Å². The van der Waals surface area contributed by atoms with Crippen molar-refractivity contribution in [3.05, 3.63) is 22.5 Å². The molecule has 1 aromatic carbocycles. The van der Waals surface area contributed by atoms with Gasteiger partial charge in [0.25, 0.3) is 0 Å². The van der Waals surface area contributed by atoms with Crippen LogP contribution in [0.5, 0.6) is 11.5 Å². The number of aromatic nitrogens is 3. The van der Waals surface area contributed by atoms with E-state index in [2.05, 4.69) is 24.0 Å². The number of nitrogens with one attached hydrogen (secondary N) is 1. The van der Waals surface area contributed by atoms with Crippen molar-refractivity contribution in [2.45, 2.75) is 45.4 Å². The second-order valence-corrected chi connectivity index (χ2v) is 8.43. The topological polar surface area (TPSA) is 89.0 Å². The Balaban J connectivity index is 2.09. The quantitative estimate of drug-likeness (QED) is 0.450. The van der Waals surface area contributed by atoms with Crippen LogP contribution in [0.2, 0.25) is 0 Å². The van der Waals surface area contributed by atoms with Gasteiger partial charge in [0, 0.05) is 20.3 Å². The molecule has 0 atom stereocenters. The molecule has 0 saturated carbocycles. The summed E-state index contributed by atoms with van der Waals surface area (Å²) in [5.74, 6) is 1.44. The minimum absolute atomic E-state index is 0.0761. The first kappa shape index (κ1) is 23.7. The van der Waals surface area contributed by atoms with Crippen molar-refractivity contribution in [3.63, 3.8) is 0 Å². The molecule has 1 fully saturated rings. The molecule has 0 unspecified atom stereocenters. The predicted octanol–water partition coefficient (Wildman–Crippen LogP) is 4.02. The summed E-state index contributed by atoms with van der Waals surface area (Å²) in [5, 5.41) is 7.41. The molecule has 0 amide bonds. The van der Waals surface area contributed by atoms with E-state index in [-0.39, 0.29) is 25.5 Å². The van der Waals surface area contributed by atoms with E-state index in [1.54, 1.807) is 14.2 Å². The molecule has 9 nitrogen and oxygen atoms in total. The summed E-state index contributed by atoms with van der Waals surface area (Å²) in [6.45, 7) is 9.09. The first-order valence-electron chi connectivity index (χ1n) is 10.1. The standard InChI is InChI=1S/C21H31N3O6S/c1-13(2)15-7-16(18(28-12-26-6)8-17(15)27-11-25-5)19-22-23-20(31)24(19)14-9-29-21(3,4)30-10-14/h7-8,13-14H,9-12H2,1-6H3,(H,23,31). The molecule has 1 aromatic heterocycles. The van der Waals surface area contributed by atoms with Crippen LogP contribution in [0.4, 0.5) is 0 Å². The highest BCUT2D eigenvalue weighted by Crippen LogP contribution is 2.40. The third kappa shape index (κ3) is 5.45. The van der Waals surface area contributed by atoms with Gasteiger partial charge in [-0.3, -0.25) is 9.67 Å². The van der Waals surface area contributed by atoms with E-state index >= 15 is 0 Å². The maximum atomic E-state index is 5.87. The van der Waals surface area contributed by atoms with Gasteiger partial charge >= 0.3 is 0 Å². The molecule has 1 aliphatic rings. The van der Waals surface area contributed by atoms with Crippen molar-refractivity contribution in [1.29, 1.82) is 0 Å². The van der Waals surface area contributed by atoms with Crippen LogP contribution >= 0.6 is 12.2 Å². The molecule has 3 rings (SSSR count).